The number of ether oxygens (including phenoxy) is 3. The van der Waals surface area contributed by atoms with E-state index in [1.54, 1.807) is 6.07 Å². The smallest absolute Gasteiger partial charge is 0.417 e. The van der Waals surface area contributed by atoms with Crippen LogP contribution in [0, 0.1) is 0 Å². The van der Waals surface area contributed by atoms with E-state index in [1.807, 2.05) is 36.4 Å². The van der Waals surface area contributed by atoms with Crippen LogP contribution in [0.5, 0.6) is 0 Å². The van der Waals surface area contributed by atoms with E-state index < -0.39 is 36.2 Å². The molecule has 2 heterocycles. The Morgan fingerprint density at radius 3 is 2.50 bits per heavy atom. The lowest BCUT2D eigenvalue weighted by atomic mass is 10.0. The summed E-state index contributed by atoms with van der Waals surface area (Å²) in [5.41, 5.74) is 0.754. The molecule has 1 saturated heterocycles. The number of aryl methyl sites for hydroxylation is 1. The van der Waals surface area contributed by atoms with Gasteiger partial charge in [-0.25, -0.2) is 9.69 Å². The number of imide groups is 1. The first-order valence-electron chi connectivity index (χ1n) is 11.8. The summed E-state index contributed by atoms with van der Waals surface area (Å²) in [6.45, 7) is 3.45. The number of hydrogen-bond acceptors (Lipinski definition) is 7. The van der Waals surface area contributed by atoms with Crippen molar-refractivity contribution < 1.29 is 33.0 Å². The standard InChI is InChI=1S/C26H33NO7/c1-4-5-6-7-11-14-20-15-16-22(34-20)23(33-18(2)28)24(31-3)25(29)27-21(17-32-26(27)30)19-12-9-8-10-13-19/h8-10,12-13,15-16,21,23-24H,4-7,11,14,17H2,1-3H3/t21-,23-,24+/m1/s1. The van der Waals surface area contributed by atoms with Crippen LogP contribution >= 0.6 is 0 Å². The predicted molar refractivity (Wildman–Crippen MR) is 124 cm³/mol. The van der Waals surface area contributed by atoms with Gasteiger partial charge in [-0.05, 0) is 24.1 Å². The van der Waals surface area contributed by atoms with Crippen LogP contribution in [0.4, 0.5) is 4.79 Å². The molecule has 0 aliphatic carbocycles. The van der Waals surface area contributed by atoms with Gasteiger partial charge in [-0.3, -0.25) is 9.59 Å². The molecule has 8 heteroatoms. The van der Waals surface area contributed by atoms with Crippen LogP contribution in [0.3, 0.4) is 0 Å². The van der Waals surface area contributed by atoms with Gasteiger partial charge in [-0.2, -0.15) is 0 Å². The van der Waals surface area contributed by atoms with Crippen molar-refractivity contribution in [1.29, 1.82) is 0 Å². The Balaban J connectivity index is 1.79. The minimum Gasteiger partial charge on any atom is -0.462 e. The van der Waals surface area contributed by atoms with Crippen LogP contribution < -0.4 is 0 Å². The molecule has 0 bridgehead atoms. The van der Waals surface area contributed by atoms with Crippen molar-refractivity contribution in [2.45, 2.75) is 70.6 Å². The maximum Gasteiger partial charge on any atom is 0.417 e. The molecule has 0 unspecified atom stereocenters. The van der Waals surface area contributed by atoms with Crippen LogP contribution in [0.15, 0.2) is 46.9 Å². The highest BCUT2D eigenvalue weighted by atomic mass is 16.6. The predicted octanol–water partition coefficient (Wildman–Crippen LogP) is 5.13. The SMILES string of the molecule is CCCCCCCc1ccc([C@@H](OC(C)=O)[C@H](OC)C(=O)N2C(=O)OC[C@@H]2c2ccccc2)o1. The number of esters is 1. The van der Waals surface area contributed by atoms with Crippen molar-refractivity contribution in [1.82, 2.24) is 4.90 Å². The largest absolute Gasteiger partial charge is 0.462 e. The highest BCUT2D eigenvalue weighted by Gasteiger charge is 2.46. The molecule has 1 aromatic carbocycles. The van der Waals surface area contributed by atoms with Crippen molar-refractivity contribution in [3.63, 3.8) is 0 Å². The topological polar surface area (TPSA) is 95.3 Å². The van der Waals surface area contributed by atoms with Crippen molar-refractivity contribution in [2.24, 2.45) is 0 Å². The summed E-state index contributed by atoms with van der Waals surface area (Å²) in [7, 11) is 1.33. The Morgan fingerprint density at radius 1 is 1.09 bits per heavy atom. The second-order valence-electron chi connectivity index (χ2n) is 8.37. The molecule has 0 N–H and O–H groups in total. The van der Waals surface area contributed by atoms with Crippen LogP contribution in [-0.4, -0.2) is 42.7 Å². The molecule has 2 amide bonds. The molecular formula is C26H33NO7. The molecule has 8 nitrogen and oxygen atoms in total. The number of rotatable bonds is 12. The van der Waals surface area contributed by atoms with Crippen LogP contribution in [0.1, 0.15) is 75.2 Å². The lowest BCUT2D eigenvalue weighted by Crippen LogP contribution is -2.45. The molecule has 3 atom stereocenters. The van der Waals surface area contributed by atoms with Gasteiger partial charge < -0.3 is 18.6 Å². The normalized spacial score (nSPS) is 17.3. The Morgan fingerprint density at radius 2 is 1.82 bits per heavy atom. The third-order valence-electron chi connectivity index (χ3n) is 5.85. The molecule has 184 valence electrons. The third kappa shape index (κ3) is 6.26. The monoisotopic (exact) mass is 471 g/mol. The quantitative estimate of drug-likeness (QED) is 0.313. The highest BCUT2D eigenvalue weighted by molar-refractivity contribution is 5.96. The molecule has 1 aromatic heterocycles. The van der Waals surface area contributed by atoms with Crippen molar-refractivity contribution >= 4 is 18.0 Å². The summed E-state index contributed by atoms with van der Waals surface area (Å²) in [5.74, 6) is -0.222. The van der Waals surface area contributed by atoms with Gasteiger partial charge in [0.1, 0.15) is 24.2 Å². The second-order valence-corrected chi connectivity index (χ2v) is 8.37. The molecule has 34 heavy (non-hydrogen) atoms. The van der Waals surface area contributed by atoms with E-state index in [2.05, 4.69) is 6.92 Å². The summed E-state index contributed by atoms with van der Waals surface area (Å²) in [6, 6.07) is 12.0. The fourth-order valence-electron chi connectivity index (χ4n) is 4.11. The van der Waals surface area contributed by atoms with Crippen LogP contribution in [0.25, 0.3) is 0 Å². The molecule has 1 aliphatic heterocycles. The van der Waals surface area contributed by atoms with Gasteiger partial charge in [0.15, 0.2) is 12.2 Å². The number of cyclic esters (lactones) is 1. The lowest BCUT2D eigenvalue weighted by molar-refractivity contribution is -0.164. The number of furan rings is 1. The number of unbranched alkanes of at least 4 members (excludes halogenated alkanes) is 4. The Labute approximate surface area is 200 Å². The van der Waals surface area contributed by atoms with E-state index in [4.69, 9.17) is 18.6 Å². The molecule has 0 spiro atoms. The average Bonchev–Trinajstić information content (AvgIpc) is 3.45. The van der Waals surface area contributed by atoms with E-state index in [0.717, 1.165) is 35.5 Å². The van der Waals surface area contributed by atoms with Crippen molar-refractivity contribution in [3.05, 3.63) is 59.5 Å². The van der Waals surface area contributed by atoms with E-state index in [1.165, 1.54) is 33.3 Å². The van der Waals surface area contributed by atoms with Gasteiger partial charge in [-0.15, -0.1) is 0 Å². The van der Waals surface area contributed by atoms with E-state index in [0.29, 0.717) is 5.76 Å². The van der Waals surface area contributed by atoms with E-state index in [-0.39, 0.29) is 6.61 Å². The summed E-state index contributed by atoms with van der Waals surface area (Å²) in [5, 5.41) is 0. The van der Waals surface area contributed by atoms with E-state index >= 15 is 0 Å². The lowest BCUT2D eigenvalue weighted by Gasteiger charge is -2.28. The molecule has 0 radical (unpaired) electrons. The summed E-state index contributed by atoms with van der Waals surface area (Å²) in [6.07, 6.45) is 3.19. The fourth-order valence-corrected chi connectivity index (χ4v) is 4.11. The zero-order valence-corrected chi connectivity index (χ0v) is 20.0. The number of benzene rings is 1. The van der Waals surface area contributed by atoms with Gasteiger partial charge >= 0.3 is 12.1 Å². The Bertz CT molecular complexity index is 955. The van der Waals surface area contributed by atoms with Gasteiger partial charge in [-0.1, -0.05) is 62.9 Å². The summed E-state index contributed by atoms with van der Waals surface area (Å²) < 4.78 is 22.0. The fraction of sp³-hybridized carbons (Fsp3) is 0.500. The Kier molecular flexibility index (Phi) is 9.27. The number of carbonyl (C=O) groups excluding carboxylic acids is 3. The van der Waals surface area contributed by atoms with E-state index in [9.17, 15) is 14.4 Å². The minimum atomic E-state index is -1.29. The third-order valence-corrected chi connectivity index (χ3v) is 5.85. The first kappa shape index (κ1) is 25.5. The highest BCUT2D eigenvalue weighted by Crippen LogP contribution is 2.33. The summed E-state index contributed by atoms with van der Waals surface area (Å²) in [4.78, 5) is 38.9. The van der Waals surface area contributed by atoms with Crippen molar-refractivity contribution in [3.8, 4) is 0 Å². The van der Waals surface area contributed by atoms with Crippen molar-refractivity contribution in [2.75, 3.05) is 13.7 Å². The Hall–Kier alpha value is -3.13. The molecule has 1 aliphatic rings. The van der Waals surface area contributed by atoms with Gasteiger partial charge in [0.05, 0.1) is 0 Å². The number of hydrogen-bond donors (Lipinski definition) is 0. The number of nitrogens with zero attached hydrogens (tertiary/aromatic N) is 1. The number of methoxy groups -OCH3 is 1. The summed E-state index contributed by atoms with van der Waals surface area (Å²) >= 11 is 0. The number of amides is 2. The van der Waals surface area contributed by atoms with Gasteiger partial charge in [0.2, 0.25) is 0 Å². The van der Waals surface area contributed by atoms with Gasteiger partial charge in [0, 0.05) is 20.5 Å². The first-order chi connectivity index (χ1) is 16.5. The maximum atomic E-state index is 13.5. The second kappa shape index (κ2) is 12.4. The molecule has 1 fully saturated rings. The zero-order chi connectivity index (χ0) is 24.5. The minimum absolute atomic E-state index is 0.0339. The molecular weight excluding hydrogens is 438 g/mol. The van der Waals surface area contributed by atoms with Gasteiger partial charge in [0.25, 0.3) is 5.91 Å². The zero-order valence-electron chi connectivity index (χ0n) is 20.0. The average molecular weight is 472 g/mol. The molecule has 0 saturated carbocycles. The van der Waals surface area contributed by atoms with Crippen LogP contribution in [-0.2, 0) is 30.2 Å². The van der Waals surface area contributed by atoms with Crippen LogP contribution in [0.2, 0.25) is 0 Å². The first-order valence-corrected chi connectivity index (χ1v) is 11.8. The molecule has 2 aromatic rings. The maximum absolute atomic E-state index is 13.5. The molecule has 3 rings (SSSR count). The number of carbonyl (C=O) groups is 3.